The van der Waals surface area contributed by atoms with E-state index in [0.717, 1.165) is 9.87 Å². The van der Waals surface area contributed by atoms with E-state index in [0.29, 0.717) is 23.9 Å². The van der Waals surface area contributed by atoms with Crippen molar-refractivity contribution in [3.05, 3.63) is 47.0 Å². The number of likely N-dealkylation sites (N-methyl/N-ethyl adjacent to an activating group) is 1. The summed E-state index contributed by atoms with van der Waals surface area (Å²) in [5.74, 6) is 1.09. The molecule has 1 amide bonds. The Balaban J connectivity index is 2.07. The third-order valence-corrected chi connectivity index (χ3v) is 6.66. The van der Waals surface area contributed by atoms with Gasteiger partial charge in [0.15, 0.2) is 11.5 Å². The van der Waals surface area contributed by atoms with Crippen LogP contribution in [0.2, 0.25) is 5.02 Å². The van der Waals surface area contributed by atoms with Crippen molar-refractivity contribution in [1.29, 1.82) is 0 Å². The highest BCUT2D eigenvalue weighted by Gasteiger charge is 2.26. The maximum atomic E-state index is 13.0. The molecule has 10 heteroatoms. The Bertz CT molecular complexity index is 1010. The first-order chi connectivity index (χ1) is 14.8. The van der Waals surface area contributed by atoms with Gasteiger partial charge in [0.25, 0.3) is 0 Å². The van der Waals surface area contributed by atoms with Crippen LogP contribution < -0.4 is 19.5 Å². The Labute approximate surface area is 188 Å². The first kappa shape index (κ1) is 24.8. The summed E-state index contributed by atoms with van der Waals surface area (Å²) >= 11 is 6.13. The Morgan fingerprint density at radius 3 is 2.29 bits per heavy atom. The summed E-state index contributed by atoms with van der Waals surface area (Å²) in [6.07, 6.45) is 0. The quantitative estimate of drug-likeness (QED) is 0.542. The number of nitrogens with zero attached hydrogens (tertiary/aromatic N) is 1. The van der Waals surface area contributed by atoms with E-state index in [1.54, 1.807) is 32.0 Å². The molecule has 0 fully saturated rings. The highest BCUT2D eigenvalue weighted by atomic mass is 35.5. The molecule has 170 valence electrons. The lowest BCUT2D eigenvalue weighted by molar-refractivity contribution is -0.121. The van der Waals surface area contributed by atoms with Crippen molar-refractivity contribution < 1.29 is 27.4 Å². The van der Waals surface area contributed by atoms with Crippen LogP contribution in [0.15, 0.2) is 41.3 Å². The van der Waals surface area contributed by atoms with Gasteiger partial charge >= 0.3 is 0 Å². The second-order valence-electron chi connectivity index (χ2n) is 6.42. The van der Waals surface area contributed by atoms with Crippen LogP contribution in [0.25, 0.3) is 0 Å². The molecule has 0 heterocycles. The summed E-state index contributed by atoms with van der Waals surface area (Å²) in [5.41, 5.74) is 0.787. The Morgan fingerprint density at radius 1 is 1.03 bits per heavy atom. The fourth-order valence-corrected chi connectivity index (χ4v) is 4.57. The molecule has 0 saturated carbocycles. The molecule has 0 aliphatic carbocycles. The Morgan fingerprint density at radius 2 is 1.71 bits per heavy atom. The maximum absolute atomic E-state index is 13.0. The van der Waals surface area contributed by atoms with Gasteiger partial charge in [-0.25, -0.2) is 8.42 Å². The number of carbonyl (C=O) groups excluding carboxylic acids is 1. The van der Waals surface area contributed by atoms with E-state index in [1.165, 1.54) is 32.4 Å². The number of ether oxygens (including phenoxy) is 3. The fourth-order valence-electron chi connectivity index (χ4n) is 2.84. The van der Waals surface area contributed by atoms with Gasteiger partial charge in [-0.3, -0.25) is 4.79 Å². The van der Waals surface area contributed by atoms with Crippen molar-refractivity contribution in [2.75, 3.05) is 33.9 Å². The second-order valence-corrected chi connectivity index (χ2v) is 8.77. The standard InChI is InChI=1S/C21H27ClN2O6S/c1-5-24(31(26,27)16-8-10-18(30-6-2)17(22)12-16)14-21(25)23-13-15-7-9-19(28-3)20(11-15)29-4/h7-12H,5-6,13-14H2,1-4H3,(H,23,25). The van der Waals surface area contributed by atoms with Gasteiger partial charge in [-0.1, -0.05) is 24.6 Å². The molecule has 2 rings (SSSR count). The van der Waals surface area contributed by atoms with Crippen molar-refractivity contribution in [2.45, 2.75) is 25.3 Å². The van der Waals surface area contributed by atoms with E-state index < -0.39 is 15.9 Å². The molecule has 8 nitrogen and oxygen atoms in total. The zero-order valence-electron chi connectivity index (χ0n) is 18.0. The molecule has 0 aliphatic rings. The summed E-state index contributed by atoms with van der Waals surface area (Å²) in [6.45, 7) is 3.89. The lowest BCUT2D eigenvalue weighted by Crippen LogP contribution is -2.40. The summed E-state index contributed by atoms with van der Waals surface area (Å²) in [6, 6.07) is 9.51. The molecule has 0 unspecified atom stereocenters. The van der Waals surface area contributed by atoms with Gasteiger partial charge in [0.2, 0.25) is 15.9 Å². The lowest BCUT2D eigenvalue weighted by Gasteiger charge is -2.20. The van der Waals surface area contributed by atoms with Crippen LogP contribution in [0.5, 0.6) is 17.2 Å². The molecule has 0 bridgehead atoms. The van der Waals surface area contributed by atoms with Crippen molar-refractivity contribution in [3.8, 4) is 17.2 Å². The second kappa shape index (κ2) is 11.2. The Hall–Kier alpha value is -2.49. The summed E-state index contributed by atoms with van der Waals surface area (Å²) in [5, 5.41) is 2.92. The third kappa shape index (κ3) is 6.25. The minimum Gasteiger partial charge on any atom is -0.493 e. The minimum atomic E-state index is -3.91. The molecule has 31 heavy (non-hydrogen) atoms. The number of benzene rings is 2. The monoisotopic (exact) mass is 470 g/mol. The molecule has 2 aromatic rings. The summed E-state index contributed by atoms with van der Waals surface area (Å²) in [4.78, 5) is 12.4. The first-order valence-corrected chi connectivity index (χ1v) is 11.5. The molecule has 2 aromatic carbocycles. The summed E-state index contributed by atoms with van der Waals surface area (Å²) < 4.78 is 42.8. The smallest absolute Gasteiger partial charge is 0.243 e. The predicted molar refractivity (Wildman–Crippen MR) is 118 cm³/mol. The van der Waals surface area contributed by atoms with Crippen LogP contribution >= 0.6 is 11.6 Å². The van der Waals surface area contributed by atoms with E-state index in [4.69, 9.17) is 25.8 Å². The molecule has 0 radical (unpaired) electrons. The number of nitrogens with one attached hydrogen (secondary N) is 1. The highest BCUT2D eigenvalue weighted by molar-refractivity contribution is 7.89. The normalized spacial score (nSPS) is 11.3. The van der Waals surface area contributed by atoms with E-state index >= 15 is 0 Å². The van der Waals surface area contributed by atoms with E-state index in [1.807, 2.05) is 0 Å². The molecule has 1 N–H and O–H groups in total. The van der Waals surface area contributed by atoms with Crippen LogP contribution in [0.4, 0.5) is 0 Å². The first-order valence-electron chi connectivity index (χ1n) is 9.66. The van der Waals surface area contributed by atoms with Gasteiger partial charge < -0.3 is 19.5 Å². The van der Waals surface area contributed by atoms with Crippen LogP contribution in [0.1, 0.15) is 19.4 Å². The topological polar surface area (TPSA) is 94.2 Å². The average Bonchev–Trinajstić information content (AvgIpc) is 2.76. The molecule has 0 spiro atoms. The number of hydrogen-bond acceptors (Lipinski definition) is 6. The van der Waals surface area contributed by atoms with Gasteiger partial charge in [0.1, 0.15) is 5.75 Å². The minimum absolute atomic E-state index is 0.00417. The lowest BCUT2D eigenvalue weighted by atomic mass is 10.2. The molecule has 0 atom stereocenters. The molecular formula is C21H27ClN2O6S. The average molecular weight is 471 g/mol. The SMILES string of the molecule is CCOc1ccc(S(=O)(=O)N(CC)CC(=O)NCc2ccc(OC)c(OC)c2)cc1Cl. The van der Waals surface area contributed by atoms with E-state index in [-0.39, 0.29) is 29.6 Å². The van der Waals surface area contributed by atoms with Crippen molar-refractivity contribution in [2.24, 2.45) is 0 Å². The third-order valence-electron chi connectivity index (χ3n) is 4.45. The van der Waals surface area contributed by atoms with Crippen LogP contribution in [-0.4, -0.2) is 52.5 Å². The van der Waals surface area contributed by atoms with E-state index in [9.17, 15) is 13.2 Å². The Kier molecular flexibility index (Phi) is 8.97. The van der Waals surface area contributed by atoms with Gasteiger partial charge in [-0.2, -0.15) is 4.31 Å². The fraction of sp³-hybridized carbons (Fsp3) is 0.381. The van der Waals surface area contributed by atoms with Gasteiger partial charge in [0.05, 0.1) is 37.3 Å². The largest absolute Gasteiger partial charge is 0.493 e. The zero-order chi connectivity index (χ0) is 23.0. The van der Waals surface area contributed by atoms with Crippen LogP contribution in [-0.2, 0) is 21.4 Å². The molecule has 0 saturated heterocycles. The number of sulfonamides is 1. The van der Waals surface area contributed by atoms with Crippen molar-refractivity contribution >= 4 is 27.5 Å². The number of methoxy groups -OCH3 is 2. The van der Waals surface area contributed by atoms with Crippen molar-refractivity contribution in [1.82, 2.24) is 9.62 Å². The van der Waals surface area contributed by atoms with Gasteiger partial charge in [-0.05, 0) is 42.8 Å². The van der Waals surface area contributed by atoms with E-state index in [2.05, 4.69) is 5.32 Å². The zero-order valence-corrected chi connectivity index (χ0v) is 19.5. The molecular weight excluding hydrogens is 444 g/mol. The number of halogens is 1. The maximum Gasteiger partial charge on any atom is 0.243 e. The summed E-state index contributed by atoms with van der Waals surface area (Å²) in [7, 11) is -0.844. The predicted octanol–water partition coefficient (Wildman–Crippen LogP) is 3.08. The number of amides is 1. The van der Waals surface area contributed by atoms with Gasteiger partial charge in [-0.15, -0.1) is 0 Å². The molecule has 0 aromatic heterocycles. The highest BCUT2D eigenvalue weighted by Crippen LogP contribution is 2.29. The van der Waals surface area contributed by atoms with Crippen LogP contribution in [0, 0.1) is 0 Å². The van der Waals surface area contributed by atoms with Crippen LogP contribution in [0.3, 0.4) is 0 Å². The van der Waals surface area contributed by atoms with Gasteiger partial charge in [0, 0.05) is 13.1 Å². The number of rotatable bonds is 11. The van der Waals surface area contributed by atoms with Crippen molar-refractivity contribution in [3.63, 3.8) is 0 Å². The number of carbonyl (C=O) groups is 1. The molecule has 0 aliphatic heterocycles. The number of hydrogen-bond donors (Lipinski definition) is 1.